The van der Waals surface area contributed by atoms with Crippen molar-refractivity contribution in [3.8, 4) is 0 Å². The number of nitrogens with two attached hydrogens (primary N) is 1. The maximum Gasteiger partial charge on any atom is 0.237 e. The molecule has 1 aliphatic carbocycles. The summed E-state index contributed by atoms with van der Waals surface area (Å²) in [6.45, 7) is 3.03. The fraction of sp³-hybridized carbons (Fsp3) is 0.588. The Balaban J connectivity index is 1.79. The zero-order chi connectivity index (χ0) is 14.4. The van der Waals surface area contributed by atoms with Crippen molar-refractivity contribution in [1.82, 2.24) is 5.32 Å². The second kappa shape index (κ2) is 6.89. The van der Waals surface area contributed by atoms with E-state index >= 15 is 0 Å². The molecule has 1 atom stereocenters. The van der Waals surface area contributed by atoms with Gasteiger partial charge in [0.2, 0.25) is 5.91 Å². The molecule has 3 nitrogen and oxygen atoms in total. The second-order valence-corrected chi connectivity index (χ2v) is 6.39. The molecule has 3 N–H and O–H groups in total. The van der Waals surface area contributed by atoms with Crippen LogP contribution in [0.15, 0.2) is 30.3 Å². The largest absolute Gasteiger partial charge is 0.354 e. The van der Waals surface area contributed by atoms with Crippen molar-refractivity contribution >= 4 is 5.91 Å². The van der Waals surface area contributed by atoms with Crippen LogP contribution in [0.25, 0.3) is 0 Å². The van der Waals surface area contributed by atoms with Gasteiger partial charge in [-0.1, -0.05) is 56.5 Å². The van der Waals surface area contributed by atoms with Gasteiger partial charge in [0.1, 0.15) is 0 Å². The van der Waals surface area contributed by atoms with E-state index in [2.05, 4.69) is 12.2 Å². The van der Waals surface area contributed by atoms with E-state index in [1.807, 2.05) is 30.3 Å². The average Bonchev–Trinajstić information content (AvgIpc) is 2.46. The summed E-state index contributed by atoms with van der Waals surface area (Å²) in [4.78, 5) is 12.1. The summed E-state index contributed by atoms with van der Waals surface area (Å²) in [5, 5.41) is 3.05. The first-order valence-electron chi connectivity index (χ1n) is 7.66. The highest BCUT2D eigenvalue weighted by Crippen LogP contribution is 2.34. The normalized spacial score (nSPS) is 19.3. The van der Waals surface area contributed by atoms with Gasteiger partial charge < -0.3 is 11.1 Å². The molecule has 1 aliphatic rings. The predicted molar refractivity (Wildman–Crippen MR) is 82.3 cm³/mol. The van der Waals surface area contributed by atoms with Gasteiger partial charge in [0.15, 0.2) is 0 Å². The van der Waals surface area contributed by atoms with Crippen LogP contribution >= 0.6 is 0 Å². The zero-order valence-corrected chi connectivity index (χ0v) is 12.4. The molecule has 1 fully saturated rings. The van der Waals surface area contributed by atoms with Crippen molar-refractivity contribution in [1.29, 1.82) is 0 Å². The molecule has 0 aromatic heterocycles. The Hall–Kier alpha value is -1.35. The third-order valence-corrected chi connectivity index (χ3v) is 4.39. The van der Waals surface area contributed by atoms with E-state index in [0.29, 0.717) is 6.42 Å². The SMILES string of the molecule is CC1(CNC(=O)[C@@H](N)Cc2ccccc2)CCCCC1. The molecule has 0 heterocycles. The lowest BCUT2D eigenvalue weighted by Crippen LogP contribution is -2.46. The molecule has 0 unspecified atom stereocenters. The third-order valence-electron chi connectivity index (χ3n) is 4.39. The molecule has 20 heavy (non-hydrogen) atoms. The Morgan fingerprint density at radius 1 is 1.25 bits per heavy atom. The minimum atomic E-state index is -0.454. The fourth-order valence-electron chi connectivity index (χ4n) is 2.97. The van der Waals surface area contributed by atoms with Gasteiger partial charge in [-0.15, -0.1) is 0 Å². The summed E-state index contributed by atoms with van der Waals surface area (Å²) in [7, 11) is 0. The number of carbonyl (C=O) groups is 1. The number of benzene rings is 1. The third kappa shape index (κ3) is 4.34. The first-order chi connectivity index (χ1) is 9.59. The van der Waals surface area contributed by atoms with E-state index in [0.717, 1.165) is 12.1 Å². The highest BCUT2D eigenvalue weighted by Gasteiger charge is 2.27. The molecule has 3 heteroatoms. The van der Waals surface area contributed by atoms with Gasteiger partial charge >= 0.3 is 0 Å². The van der Waals surface area contributed by atoms with Crippen LogP contribution < -0.4 is 11.1 Å². The smallest absolute Gasteiger partial charge is 0.237 e. The van der Waals surface area contributed by atoms with Crippen LogP contribution in [-0.2, 0) is 11.2 Å². The minimum absolute atomic E-state index is 0.0272. The molecule has 1 amide bonds. The van der Waals surface area contributed by atoms with Crippen molar-refractivity contribution in [2.75, 3.05) is 6.54 Å². The Morgan fingerprint density at radius 2 is 1.90 bits per heavy atom. The molecule has 0 aliphatic heterocycles. The predicted octanol–water partition coefficient (Wildman–Crippen LogP) is 2.64. The molecular formula is C17H26N2O. The van der Waals surface area contributed by atoms with Crippen molar-refractivity contribution in [3.63, 3.8) is 0 Å². The van der Waals surface area contributed by atoms with Crippen LogP contribution in [0.2, 0.25) is 0 Å². The number of carbonyl (C=O) groups excluding carboxylic acids is 1. The lowest BCUT2D eigenvalue weighted by molar-refractivity contribution is -0.122. The Morgan fingerprint density at radius 3 is 2.55 bits per heavy atom. The van der Waals surface area contributed by atoms with Gasteiger partial charge in [-0.05, 0) is 30.2 Å². The summed E-state index contributed by atoms with van der Waals surface area (Å²) in [6, 6.07) is 9.49. The standard InChI is InChI=1S/C17H26N2O/c1-17(10-6-3-7-11-17)13-19-16(20)15(18)12-14-8-4-2-5-9-14/h2,4-5,8-9,15H,3,6-7,10-13,18H2,1H3,(H,19,20)/t15-/m0/s1. The van der Waals surface area contributed by atoms with Gasteiger partial charge in [-0.25, -0.2) is 0 Å². The first-order valence-corrected chi connectivity index (χ1v) is 7.66. The monoisotopic (exact) mass is 274 g/mol. The van der Waals surface area contributed by atoms with E-state index in [1.165, 1.54) is 32.1 Å². The van der Waals surface area contributed by atoms with E-state index in [1.54, 1.807) is 0 Å². The topological polar surface area (TPSA) is 55.1 Å². The van der Waals surface area contributed by atoms with E-state index in [4.69, 9.17) is 5.73 Å². The van der Waals surface area contributed by atoms with Crippen molar-refractivity contribution in [3.05, 3.63) is 35.9 Å². The molecule has 0 bridgehead atoms. The highest BCUT2D eigenvalue weighted by molar-refractivity contribution is 5.81. The van der Waals surface area contributed by atoms with Crippen LogP contribution in [0, 0.1) is 5.41 Å². The summed E-state index contributed by atoms with van der Waals surface area (Å²) in [5.74, 6) is -0.0272. The lowest BCUT2D eigenvalue weighted by atomic mass is 9.76. The Kier molecular flexibility index (Phi) is 5.18. The molecule has 1 aromatic carbocycles. The molecule has 0 spiro atoms. The molecule has 110 valence electrons. The van der Waals surface area contributed by atoms with Crippen LogP contribution in [0.4, 0.5) is 0 Å². The lowest BCUT2D eigenvalue weighted by Gasteiger charge is -2.34. The number of hydrogen-bond donors (Lipinski definition) is 2. The number of amides is 1. The first kappa shape index (κ1) is 15.0. The number of nitrogens with one attached hydrogen (secondary N) is 1. The Labute approximate surface area is 121 Å². The van der Waals surface area contributed by atoms with Gasteiger partial charge in [-0.2, -0.15) is 0 Å². The maximum absolute atomic E-state index is 12.1. The Bertz CT molecular complexity index is 424. The molecule has 1 saturated carbocycles. The molecule has 0 radical (unpaired) electrons. The molecule has 1 aromatic rings. The molecule has 2 rings (SSSR count). The van der Waals surface area contributed by atoms with Crippen LogP contribution in [0.3, 0.4) is 0 Å². The van der Waals surface area contributed by atoms with E-state index < -0.39 is 6.04 Å². The number of hydrogen-bond acceptors (Lipinski definition) is 2. The maximum atomic E-state index is 12.1. The molecule has 0 saturated heterocycles. The van der Waals surface area contributed by atoms with Crippen molar-refractivity contribution in [2.45, 2.75) is 51.5 Å². The number of rotatable bonds is 5. The van der Waals surface area contributed by atoms with E-state index in [-0.39, 0.29) is 11.3 Å². The zero-order valence-electron chi connectivity index (χ0n) is 12.4. The van der Waals surface area contributed by atoms with Crippen LogP contribution in [-0.4, -0.2) is 18.5 Å². The molecular weight excluding hydrogens is 248 g/mol. The van der Waals surface area contributed by atoms with Crippen LogP contribution in [0.1, 0.15) is 44.6 Å². The van der Waals surface area contributed by atoms with Gasteiger partial charge in [0, 0.05) is 6.54 Å². The van der Waals surface area contributed by atoms with E-state index in [9.17, 15) is 4.79 Å². The minimum Gasteiger partial charge on any atom is -0.354 e. The summed E-state index contributed by atoms with van der Waals surface area (Å²) in [6.07, 6.45) is 6.91. The van der Waals surface area contributed by atoms with Crippen LogP contribution in [0.5, 0.6) is 0 Å². The summed E-state index contributed by atoms with van der Waals surface area (Å²) in [5.41, 5.74) is 7.37. The van der Waals surface area contributed by atoms with Crippen molar-refractivity contribution in [2.24, 2.45) is 11.1 Å². The average molecular weight is 274 g/mol. The van der Waals surface area contributed by atoms with Gasteiger partial charge in [0.25, 0.3) is 0 Å². The van der Waals surface area contributed by atoms with Crippen molar-refractivity contribution < 1.29 is 4.79 Å². The fourth-order valence-corrected chi connectivity index (χ4v) is 2.97. The van der Waals surface area contributed by atoms with Gasteiger partial charge in [-0.3, -0.25) is 4.79 Å². The highest BCUT2D eigenvalue weighted by atomic mass is 16.2. The quantitative estimate of drug-likeness (QED) is 0.867. The van der Waals surface area contributed by atoms with Gasteiger partial charge in [0.05, 0.1) is 6.04 Å². The summed E-state index contributed by atoms with van der Waals surface area (Å²) < 4.78 is 0. The summed E-state index contributed by atoms with van der Waals surface area (Å²) >= 11 is 0. The second-order valence-electron chi connectivity index (χ2n) is 6.39.